The number of benzene rings is 1. The van der Waals surface area contributed by atoms with E-state index in [2.05, 4.69) is 25.7 Å². The summed E-state index contributed by atoms with van der Waals surface area (Å²) in [4.78, 5) is 3.86. The van der Waals surface area contributed by atoms with Gasteiger partial charge in [0.25, 0.3) is 0 Å². The molecule has 1 heterocycles. The molecule has 0 saturated carbocycles. The lowest BCUT2D eigenvalue weighted by molar-refractivity contribution is -0.274. The Morgan fingerprint density at radius 2 is 2.11 bits per heavy atom. The highest BCUT2D eigenvalue weighted by atomic mass is 79.9. The van der Waals surface area contributed by atoms with E-state index in [1.807, 2.05) is 0 Å². The van der Waals surface area contributed by atoms with Gasteiger partial charge >= 0.3 is 6.36 Å². The summed E-state index contributed by atoms with van der Waals surface area (Å²) in [5, 5.41) is 0. The SMILES string of the molecule is NCc1cncn1-c1ccc(Br)cc1OC(F)(F)F. The van der Waals surface area contributed by atoms with E-state index in [4.69, 9.17) is 5.73 Å². The standard InChI is InChI=1S/C11H9BrF3N3O/c12-7-1-2-9(10(3-7)19-11(13,14)15)18-6-17-5-8(18)4-16/h1-3,5-6H,4,16H2. The van der Waals surface area contributed by atoms with E-state index >= 15 is 0 Å². The van der Waals surface area contributed by atoms with E-state index in [9.17, 15) is 13.2 Å². The summed E-state index contributed by atoms with van der Waals surface area (Å²) >= 11 is 3.11. The number of nitrogens with zero attached hydrogens (tertiary/aromatic N) is 2. The lowest BCUT2D eigenvalue weighted by Crippen LogP contribution is -2.18. The molecule has 0 unspecified atom stereocenters. The molecule has 0 amide bonds. The van der Waals surface area contributed by atoms with Crippen LogP contribution in [0.1, 0.15) is 5.69 Å². The van der Waals surface area contributed by atoms with Crippen LogP contribution in [0.3, 0.4) is 0 Å². The van der Waals surface area contributed by atoms with E-state index in [0.29, 0.717) is 10.2 Å². The van der Waals surface area contributed by atoms with Crippen LogP contribution in [-0.4, -0.2) is 15.9 Å². The number of rotatable bonds is 3. The average Bonchev–Trinajstić information content (AvgIpc) is 2.75. The summed E-state index contributed by atoms with van der Waals surface area (Å²) in [6.45, 7) is 0.154. The van der Waals surface area contributed by atoms with Crippen LogP contribution in [0.15, 0.2) is 35.2 Å². The zero-order chi connectivity index (χ0) is 14.0. The van der Waals surface area contributed by atoms with Crippen LogP contribution in [0, 0.1) is 0 Å². The molecule has 102 valence electrons. The molecule has 1 aromatic carbocycles. The molecule has 4 nitrogen and oxygen atoms in total. The van der Waals surface area contributed by atoms with Gasteiger partial charge < -0.3 is 10.5 Å². The third kappa shape index (κ3) is 3.27. The molecule has 2 aromatic rings. The lowest BCUT2D eigenvalue weighted by atomic mass is 10.3. The Morgan fingerprint density at radius 1 is 1.37 bits per heavy atom. The second-order valence-corrected chi connectivity index (χ2v) is 4.53. The van der Waals surface area contributed by atoms with Crippen molar-refractivity contribution in [3.05, 3.63) is 40.9 Å². The summed E-state index contributed by atoms with van der Waals surface area (Å²) in [5.74, 6) is -0.324. The van der Waals surface area contributed by atoms with Gasteiger partial charge in [-0.1, -0.05) is 15.9 Å². The van der Waals surface area contributed by atoms with Crippen molar-refractivity contribution in [2.45, 2.75) is 12.9 Å². The molecule has 8 heteroatoms. The van der Waals surface area contributed by atoms with E-state index in [-0.39, 0.29) is 18.0 Å². The van der Waals surface area contributed by atoms with Crippen LogP contribution in [-0.2, 0) is 6.54 Å². The normalized spacial score (nSPS) is 11.6. The number of ether oxygens (including phenoxy) is 1. The number of imidazole rings is 1. The van der Waals surface area contributed by atoms with Crippen molar-refractivity contribution in [2.75, 3.05) is 0 Å². The summed E-state index contributed by atoms with van der Waals surface area (Å²) in [7, 11) is 0. The van der Waals surface area contributed by atoms with Crippen LogP contribution in [0.4, 0.5) is 13.2 Å². The number of alkyl halides is 3. The quantitative estimate of drug-likeness (QED) is 0.938. The molecule has 0 spiro atoms. The highest BCUT2D eigenvalue weighted by Gasteiger charge is 2.32. The highest BCUT2D eigenvalue weighted by Crippen LogP contribution is 2.32. The second-order valence-electron chi connectivity index (χ2n) is 3.62. The molecule has 19 heavy (non-hydrogen) atoms. The van der Waals surface area contributed by atoms with Crippen molar-refractivity contribution in [1.29, 1.82) is 0 Å². The van der Waals surface area contributed by atoms with Gasteiger partial charge in [0.05, 0.1) is 17.7 Å². The average molecular weight is 336 g/mol. The summed E-state index contributed by atoms with van der Waals surface area (Å²) in [6.07, 6.45) is -1.90. The Balaban J connectivity index is 2.51. The van der Waals surface area contributed by atoms with Crippen LogP contribution in [0.25, 0.3) is 5.69 Å². The number of hydrogen-bond acceptors (Lipinski definition) is 3. The topological polar surface area (TPSA) is 53.1 Å². The van der Waals surface area contributed by atoms with Crippen molar-refractivity contribution in [1.82, 2.24) is 9.55 Å². The van der Waals surface area contributed by atoms with E-state index in [1.54, 1.807) is 6.07 Å². The van der Waals surface area contributed by atoms with Crippen LogP contribution < -0.4 is 10.5 Å². The van der Waals surface area contributed by atoms with Crippen LogP contribution >= 0.6 is 15.9 Å². The molecule has 0 aliphatic heterocycles. The minimum absolute atomic E-state index is 0.154. The molecular formula is C11H9BrF3N3O. The Kier molecular flexibility index (Phi) is 3.81. The predicted octanol–water partition coefficient (Wildman–Crippen LogP) is 2.99. The molecular weight excluding hydrogens is 327 g/mol. The zero-order valence-corrected chi connectivity index (χ0v) is 11.1. The van der Waals surface area contributed by atoms with Gasteiger partial charge in [0.2, 0.25) is 0 Å². The van der Waals surface area contributed by atoms with Gasteiger partial charge in [-0.05, 0) is 18.2 Å². The molecule has 0 saturated heterocycles. The molecule has 0 aliphatic rings. The third-order valence-electron chi connectivity index (χ3n) is 2.33. The van der Waals surface area contributed by atoms with Gasteiger partial charge in [-0.3, -0.25) is 4.57 Å². The van der Waals surface area contributed by atoms with E-state index in [0.717, 1.165) is 0 Å². The van der Waals surface area contributed by atoms with Crippen LogP contribution in [0.5, 0.6) is 5.75 Å². The summed E-state index contributed by atoms with van der Waals surface area (Å²) in [6, 6.07) is 4.34. The maximum Gasteiger partial charge on any atom is 0.573 e. The highest BCUT2D eigenvalue weighted by molar-refractivity contribution is 9.10. The van der Waals surface area contributed by atoms with Gasteiger partial charge in [-0.2, -0.15) is 0 Å². The molecule has 0 atom stereocenters. The fraction of sp³-hybridized carbons (Fsp3) is 0.182. The van der Waals surface area contributed by atoms with Gasteiger partial charge in [-0.25, -0.2) is 4.98 Å². The Hall–Kier alpha value is -1.54. The maximum absolute atomic E-state index is 12.4. The zero-order valence-electron chi connectivity index (χ0n) is 9.49. The first-order valence-electron chi connectivity index (χ1n) is 5.17. The maximum atomic E-state index is 12.4. The van der Waals surface area contributed by atoms with Gasteiger partial charge in [0.15, 0.2) is 5.75 Å². The largest absolute Gasteiger partial charge is 0.573 e. The van der Waals surface area contributed by atoms with E-state index in [1.165, 1.54) is 29.2 Å². The molecule has 0 radical (unpaired) electrons. The molecule has 1 aromatic heterocycles. The van der Waals surface area contributed by atoms with Crippen molar-refractivity contribution in [3.8, 4) is 11.4 Å². The molecule has 0 aliphatic carbocycles. The monoisotopic (exact) mass is 335 g/mol. The minimum atomic E-state index is -4.76. The lowest BCUT2D eigenvalue weighted by Gasteiger charge is -2.15. The summed E-state index contributed by atoms with van der Waals surface area (Å²) < 4.78 is 43.1. The molecule has 2 rings (SSSR count). The summed E-state index contributed by atoms with van der Waals surface area (Å²) in [5.41, 5.74) is 6.31. The number of hydrogen-bond donors (Lipinski definition) is 1. The first-order chi connectivity index (χ1) is 8.90. The van der Waals surface area contributed by atoms with Crippen molar-refractivity contribution >= 4 is 15.9 Å². The van der Waals surface area contributed by atoms with Crippen molar-refractivity contribution < 1.29 is 17.9 Å². The molecule has 0 fully saturated rings. The fourth-order valence-corrected chi connectivity index (χ4v) is 1.92. The van der Waals surface area contributed by atoms with Gasteiger partial charge in [-0.15, -0.1) is 13.2 Å². The molecule has 2 N–H and O–H groups in total. The van der Waals surface area contributed by atoms with Crippen molar-refractivity contribution in [3.63, 3.8) is 0 Å². The predicted molar refractivity (Wildman–Crippen MR) is 65.8 cm³/mol. The smallest absolute Gasteiger partial charge is 0.403 e. The van der Waals surface area contributed by atoms with Gasteiger partial charge in [0.1, 0.15) is 0 Å². The molecule has 0 bridgehead atoms. The minimum Gasteiger partial charge on any atom is -0.403 e. The Bertz CT molecular complexity index is 583. The first kappa shape index (κ1) is 13.9. The Morgan fingerprint density at radius 3 is 2.74 bits per heavy atom. The number of nitrogens with two attached hydrogens (primary N) is 1. The number of aromatic nitrogens is 2. The first-order valence-corrected chi connectivity index (χ1v) is 5.97. The second kappa shape index (κ2) is 5.22. The third-order valence-corrected chi connectivity index (χ3v) is 2.82. The Labute approximate surface area is 115 Å². The number of halogens is 4. The van der Waals surface area contributed by atoms with Crippen molar-refractivity contribution in [2.24, 2.45) is 5.73 Å². The fourth-order valence-electron chi connectivity index (χ4n) is 1.58. The van der Waals surface area contributed by atoms with Gasteiger partial charge in [0, 0.05) is 17.2 Å². The van der Waals surface area contributed by atoms with E-state index < -0.39 is 6.36 Å². The van der Waals surface area contributed by atoms with Crippen LogP contribution in [0.2, 0.25) is 0 Å².